The summed E-state index contributed by atoms with van der Waals surface area (Å²) in [5, 5.41) is 0.685. The molecule has 0 fully saturated rings. The van der Waals surface area contributed by atoms with Crippen LogP contribution in [0, 0.1) is 0 Å². The van der Waals surface area contributed by atoms with E-state index in [9.17, 15) is 0 Å². The summed E-state index contributed by atoms with van der Waals surface area (Å²) in [5.74, 6) is 0.705. The zero-order valence-corrected chi connectivity index (χ0v) is 13.4. The van der Waals surface area contributed by atoms with Crippen LogP contribution < -0.4 is 4.74 Å². The van der Waals surface area contributed by atoms with Crippen LogP contribution in [-0.2, 0) is 12.8 Å². The molecule has 0 aliphatic heterocycles. The highest BCUT2D eigenvalue weighted by Crippen LogP contribution is 2.33. The van der Waals surface area contributed by atoms with Crippen LogP contribution in [0.4, 0.5) is 0 Å². The van der Waals surface area contributed by atoms with E-state index in [4.69, 9.17) is 16.3 Å². The summed E-state index contributed by atoms with van der Waals surface area (Å²) < 4.78 is 6.26. The lowest BCUT2D eigenvalue weighted by atomic mass is 10.0. The zero-order valence-electron chi connectivity index (χ0n) is 11.0. The van der Waals surface area contributed by atoms with Gasteiger partial charge < -0.3 is 4.74 Å². The Hall–Kier alpha value is -0.990. The third kappa shape index (κ3) is 3.52. The van der Waals surface area contributed by atoms with E-state index in [0.29, 0.717) is 10.8 Å². The minimum absolute atomic E-state index is 0.685. The Morgan fingerprint density at radius 3 is 2.32 bits per heavy atom. The fourth-order valence-corrected chi connectivity index (χ4v) is 2.75. The normalized spacial score (nSPS) is 10.5. The number of ether oxygens (including phenoxy) is 1. The molecule has 0 aliphatic carbocycles. The van der Waals surface area contributed by atoms with Gasteiger partial charge in [0, 0.05) is 4.47 Å². The van der Waals surface area contributed by atoms with Gasteiger partial charge in [-0.2, -0.15) is 0 Å². The van der Waals surface area contributed by atoms with E-state index in [0.717, 1.165) is 22.9 Å². The topological polar surface area (TPSA) is 9.23 Å². The van der Waals surface area contributed by atoms with E-state index in [1.807, 2.05) is 12.1 Å². The molecular weight excluding hydrogens is 324 g/mol. The van der Waals surface area contributed by atoms with Crippen LogP contribution in [0.5, 0.6) is 5.75 Å². The Bertz CT molecular complexity index is 564. The van der Waals surface area contributed by atoms with Crippen molar-refractivity contribution in [2.45, 2.75) is 19.8 Å². The average molecular weight is 340 g/mol. The Kier molecular flexibility index (Phi) is 4.89. The Balaban J connectivity index is 2.29. The first kappa shape index (κ1) is 14.4. The maximum absolute atomic E-state index is 6.34. The molecule has 0 heterocycles. The van der Waals surface area contributed by atoms with Crippen LogP contribution in [0.2, 0.25) is 5.02 Å². The molecule has 0 saturated carbocycles. The van der Waals surface area contributed by atoms with Crippen molar-refractivity contribution in [1.82, 2.24) is 0 Å². The molecular formula is C16H16BrClO. The molecule has 0 aliphatic rings. The molecule has 0 radical (unpaired) electrons. The van der Waals surface area contributed by atoms with Gasteiger partial charge in [-0.25, -0.2) is 0 Å². The highest BCUT2D eigenvalue weighted by Gasteiger charge is 2.09. The second-order valence-corrected chi connectivity index (χ2v) is 5.72. The first-order chi connectivity index (χ1) is 9.13. The van der Waals surface area contributed by atoms with Crippen molar-refractivity contribution in [1.29, 1.82) is 0 Å². The van der Waals surface area contributed by atoms with Gasteiger partial charge in [0.05, 0.1) is 12.1 Å². The van der Waals surface area contributed by atoms with Crippen LogP contribution >= 0.6 is 27.5 Å². The highest BCUT2D eigenvalue weighted by atomic mass is 79.9. The number of halogens is 2. The van der Waals surface area contributed by atoms with E-state index >= 15 is 0 Å². The molecule has 19 heavy (non-hydrogen) atoms. The van der Waals surface area contributed by atoms with Gasteiger partial charge in [0.1, 0.15) is 5.75 Å². The molecule has 2 aromatic carbocycles. The molecule has 0 unspecified atom stereocenters. The predicted octanol–water partition coefficient (Wildman–Crippen LogP) is 5.26. The molecule has 0 aromatic heterocycles. The molecule has 100 valence electrons. The van der Waals surface area contributed by atoms with Crippen molar-refractivity contribution >= 4 is 27.5 Å². The SMILES string of the molecule is CCc1ccc(Cc2cc(Br)cc(OC)c2Cl)cc1. The van der Waals surface area contributed by atoms with Gasteiger partial charge in [0.2, 0.25) is 0 Å². The first-order valence-corrected chi connectivity index (χ1v) is 7.41. The average Bonchev–Trinajstić information content (AvgIpc) is 2.43. The molecule has 0 spiro atoms. The van der Waals surface area contributed by atoms with Gasteiger partial charge in [0.15, 0.2) is 0 Å². The minimum atomic E-state index is 0.685. The van der Waals surface area contributed by atoms with Crippen molar-refractivity contribution in [3.05, 3.63) is 62.6 Å². The zero-order chi connectivity index (χ0) is 13.8. The monoisotopic (exact) mass is 338 g/mol. The molecule has 3 heteroatoms. The maximum Gasteiger partial charge on any atom is 0.138 e. The molecule has 2 aromatic rings. The number of aryl methyl sites for hydroxylation is 1. The summed E-state index contributed by atoms with van der Waals surface area (Å²) >= 11 is 9.83. The van der Waals surface area contributed by atoms with Crippen LogP contribution in [0.15, 0.2) is 40.9 Å². The lowest BCUT2D eigenvalue weighted by Crippen LogP contribution is -1.93. The predicted molar refractivity (Wildman–Crippen MR) is 84.3 cm³/mol. The lowest BCUT2D eigenvalue weighted by Gasteiger charge is -2.10. The third-order valence-corrected chi connectivity index (χ3v) is 4.01. The number of rotatable bonds is 4. The van der Waals surface area contributed by atoms with Crippen LogP contribution in [0.1, 0.15) is 23.6 Å². The van der Waals surface area contributed by atoms with Gasteiger partial charge in [0.25, 0.3) is 0 Å². The minimum Gasteiger partial charge on any atom is -0.495 e. The quantitative estimate of drug-likeness (QED) is 0.738. The summed E-state index contributed by atoms with van der Waals surface area (Å²) in [6.45, 7) is 2.16. The standard InChI is InChI=1S/C16H16BrClO/c1-3-11-4-6-12(7-5-11)8-13-9-14(17)10-15(19-2)16(13)18/h4-7,9-10H,3,8H2,1-2H3. The molecule has 2 rings (SSSR count). The summed E-state index contributed by atoms with van der Waals surface area (Å²) in [4.78, 5) is 0. The van der Waals surface area contributed by atoms with Gasteiger partial charge in [-0.05, 0) is 41.7 Å². The number of hydrogen-bond donors (Lipinski definition) is 0. The summed E-state index contributed by atoms with van der Waals surface area (Å²) in [6.07, 6.45) is 1.87. The van der Waals surface area contributed by atoms with E-state index in [1.54, 1.807) is 7.11 Å². The van der Waals surface area contributed by atoms with Crippen LogP contribution in [-0.4, -0.2) is 7.11 Å². The van der Waals surface area contributed by atoms with E-state index < -0.39 is 0 Å². The molecule has 0 amide bonds. The van der Waals surface area contributed by atoms with Gasteiger partial charge >= 0.3 is 0 Å². The van der Waals surface area contributed by atoms with Crippen molar-refractivity contribution in [3.8, 4) is 5.75 Å². The Morgan fingerprint density at radius 2 is 1.74 bits per heavy atom. The fourth-order valence-electron chi connectivity index (χ4n) is 2.01. The highest BCUT2D eigenvalue weighted by molar-refractivity contribution is 9.10. The first-order valence-electron chi connectivity index (χ1n) is 6.23. The van der Waals surface area contributed by atoms with E-state index in [-0.39, 0.29) is 0 Å². The largest absolute Gasteiger partial charge is 0.495 e. The van der Waals surface area contributed by atoms with Gasteiger partial charge in [-0.1, -0.05) is 58.7 Å². The van der Waals surface area contributed by atoms with Crippen LogP contribution in [0.3, 0.4) is 0 Å². The third-order valence-electron chi connectivity index (χ3n) is 3.13. The lowest BCUT2D eigenvalue weighted by molar-refractivity contribution is 0.414. The van der Waals surface area contributed by atoms with E-state index in [1.165, 1.54) is 11.1 Å². The molecule has 0 saturated heterocycles. The second kappa shape index (κ2) is 6.44. The van der Waals surface area contributed by atoms with Crippen molar-refractivity contribution in [2.24, 2.45) is 0 Å². The summed E-state index contributed by atoms with van der Waals surface area (Å²) in [5.41, 5.74) is 3.66. The fraction of sp³-hybridized carbons (Fsp3) is 0.250. The second-order valence-electron chi connectivity index (χ2n) is 4.43. The smallest absolute Gasteiger partial charge is 0.138 e. The Labute approximate surface area is 127 Å². The van der Waals surface area contributed by atoms with Gasteiger partial charge in [-0.3, -0.25) is 0 Å². The van der Waals surface area contributed by atoms with E-state index in [2.05, 4.69) is 47.1 Å². The molecule has 0 N–H and O–H groups in total. The van der Waals surface area contributed by atoms with Gasteiger partial charge in [-0.15, -0.1) is 0 Å². The number of benzene rings is 2. The maximum atomic E-state index is 6.34. The Morgan fingerprint density at radius 1 is 1.11 bits per heavy atom. The number of hydrogen-bond acceptors (Lipinski definition) is 1. The summed E-state index contributed by atoms with van der Waals surface area (Å²) in [7, 11) is 1.63. The van der Waals surface area contributed by atoms with Crippen molar-refractivity contribution in [2.75, 3.05) is 7.11 Å². The summed E-state index contributed by atoms with van der Waals surface area (Å²) in [6, 6.07) is 12.6. The molecule has 0 atom stereocenters. The molecule has 0 bridgehead atoms. The number of methoxy groups -OCH3 is 1. The molecule has 1 nitrogen and oxygen atoms in total. The van der Waals surface area contributed by atoms with Crippen molar-refractivity contribution < 1.29 is 4.74 Å². The van der Waals surface area contributed by atoms with Crippen LogP contribution in [0.25, 0.3) is 0 Å². The van der Waals surface area contributed by atoms with Crippen molar-refractivity contribution in [3.63, 3.8) is 0 Å².